The summed E-state index contributed by atoms with van der Waals surface area (Å²) >= 11 is 0. The van der Waals surface area contributed by atoms with E-state index in [0.29, 0.717) is 28.7 Å². The highest BCUT2D eigenvalue weighted by Gasteiger charge is 2.24. The molecular formula is C23H21F2N5O2. The first-order valence-corrected chi connectivity index (χ1v) is 9.91. The van der Waals surface area contributed by atoms with E-state index in [2.05, 4.69) is 20.3 Å². The zero-order chi connectivity index (χ0) is 22.9. The van der Waals surface area contributed by atoms with E-state index in [-0.39, 0.29) is 11.1 Å². The Hall–Kier alpha value is -3.88. The molecule has 4 rings (SSSR count). The van der Waals surface area contributed by atoms with Gasteiger partial charge in [0.1, 0.15) is 17.6 Å². The molecule has 1 unspecified atom stereocenters. The number of halogens is 2. The standard InChI is InChI=1S/C23H21F2N5O2/c1-14(21-26-22(28-27-21)15-7-9-17(10-8-15)23(2,24)25)30-20(31)12-11-19(29-30)16-5-4-6-18(13-16)32-3/h4-14H,1-3H3,(H,26,27,28). The van der Waals surface area contributed by atoms with Crippen molar-refractivity contribution in [3.05, 3.63) is 82.4 Å². The lowest BCUT2D eigenvalue weighted by Crippen LogP contribution is -2.26. The van der Waals surface area contributed by atoms with Gasteiger partial charge in [0, 0.05) is 29.7 Å². The summed E-state index contributed by atoms with van der Waals surface area (Å²) < 4.78 is 33.5. The van der Waals surface area contributed by atoms with E-state index in [1.165, 1.54) is 35.0 Å². The van der Waals surface area contributed by atoms with Gasteiger partial charge in [0.25, 0.3) is 11.5 Å². The number of hydrogen-bond acceptors (Lipinski definition) is 5. The molecular weight excluding hydrogens is 416 g/mol. The fourth-order valence-electron chi connectivity index (χ4n) is 3.26. The second-order valence-corrected chi connectivity index (χ2v) is 7.42. The Balaban J connectivity index is 1.63. The SMILES string of the molecule is COc1cccc(-c2ccc(=O)n(C(C)c3nc(-c4ccc(C(C)(F)F)cc4)n[nH]3)n2)c1. The molecule has 0 saturated heterocycles. The average molecular weight is 437 g/mol. The molecule has 9 heteroatoms. The van der Waals surface area contributed by atoms with Crippen molar-refractivity contribution >= 4 is 0 Å². The molecule has 7 nitrogen and oxygen atoms in total. The molecule has 2 heterocycles. The molecule has 2 aromatic carbocycles. The number of benzene rings is 2. The van der Waals surface area contributed by atoms with Crippen LogP contribution in [0.5, 0.6) is 5.75 Å². The van der Waals surface area contributed by atoms with Gasteiger partial charge in [-0.1, -0.05) is 36.4 Å². The first-order chi connectivity index (χ1) is 15.3. The van der Waals surface area contributed by atoms with Crippen molar-refractivity contribution < 1.29 is 13.5 Å². The Morgan fingerprint density at radius 3 is 2.50 bits per heavy atom. The smallest absolute Gasteiger partial charge is 0.270 e. The molecule has 1 N–H and O–H groups in total. The first kappa shape index (κ1) is 21.4. The summed E-state index contributed by atoms with van der Waals surface area (Å²) in [5, 5.41) is 11.5. The summed E-state index contributed by atoms with van der Waals surface area (Å²) in [5.41, 5.74) is 1.60. The third kappa shape index (κ3) is 4.27. The van der Waals surface area contributed by atoms with Crippen molar-refractivity contribution in [3.63, 3.8) is 0 Å². The first-order valence-electron chi connectivity index (χ1n) is 9.91. The summed E-state index contributed by atoms with van der Waals surface area (Å²) in [5.74, 6) is -1.48. The van der Waals surface area contributed by atoms with Crippen LogP contribution >= 0.6 is 0 Å². The van der Waals surface area contributed by atoms with Crippen LogP contribution in [0, 0.1) is 0 Å². The Morgan fingerprint density at radius 2 is 1.81 bits per heavy atom. The molecule has 32 heavy (non-hydrogen) atoms. The number of methoxy groups -OCH3 is 1. The predicted octanol–water partition coefficient (Wildman–Crippen LogP) is 4.43. The Kier molecular flexibility index (Phi) is 5.56. The van der Waals surface area contributed by atoms with Crippen LogP contribution in [-0.4, -0.2) is 32.1 Å². The highest BCUT2D eigenvalue weighted by molar-refractivity contribution is 5.60. The van der Waals surface area contributed by atoms with Crippen molar-refractivity contribution in [2.45, 2.75) is 25.8 Å². The van der Waals surface area contributed by atoms with Gasteiger partial charge in [-0.15, -0.1) is 0 Å². The minimum atomic E-state index is -2.92. The largest absolute Gasteiger partial charge is 0.497 e. The Labute approximate surface area is 182 Å². The second-order valence-electron chi connectivity index (χ2n) is 7.42. The molecule has 4 aromatic rings. The van der Waals surface area contributed by atoms with Crippen molar-refractivity contribution in [2.75, 3.05) is 7.11 Å². The maximum Gasteiger partial charge on any atom is 0.270 e. The summed E-state index contributed by atoms with van der Waals surface area (Å²) in [6, 6.07) is 15.7. The van der Waals surface area contributed by atoms with Crippen molar-refractivity contribution in [1.82, 2.24) is 25.0 Å². The maximum atomic E-state index is 13.4. The van der Waals surface area contributed by atoms with E-state index >= 15 is 0 Å². The van der Waals surface area contributed by atoms with Crippen LogP contribution in [0.3, 0.4) is 0 Å². The van der Waals surface area contributed by atoms with Crippen LogP contribution in [0.4, 0.5) is 8.78 Å². The van der Waals surface area contributed by atoms with Crippen LogP contribution in [0.1, 0.15) is 31.3 Å². The summed E-state index contributed by atoms with van der Waals surface area (Å²) in [6.45, 7) is 2.62. The van der Waals surface area contributed by atoms with E-state index < -0.39 is 12.0 Å². The zero-order valence-electron chi connectivity index (χ0n) is 17.7. The molecule has 0 bridgehead atoms. The van der Waals surface area contributed by atoms with Crippen LogP contribution in [-0.2, 0) is 5.92 Å². The molecule has 0 radical (unpaired) electrons. The van der Waals surface area contributed by atoms with Gasteiger partial charge in [0.2, 0.25) is 0 Å². The third-order valence-electron chi connectivity index (χ3n) is 5.11. The van der Waals surface area contributed by atoms with E-state index in [0.717, 1.165) is 12.5 Å². The molecule has 1 atom stereocenters. The van der Waals surface area contributed by atoms with Gasteiger partial charge in [0.05, 0.1) is 12.8 Å². The number of ether oxygens (including phenoxy) is 1. The lowest BCUT2D eigenvalue weighted by Gasteiger charge is -2.12. The number of H-pyrrole nitrogens is 1. The number of nitrogens with one attached hydrogen (secondary N) is 1. The highest BCUT2D eigenvalue weighted by atomic mass is 19.3. The van der Waals surface area contributed by atoms with Gasteiger partial charge in [-0.3, -0.25) is 9.89 Å². The van der Waals surface area contributed by atoms with Gasteiger partial charge in [0.15, 0.2) is 5.82 Å². The molecule has 0 aliphatic rings. The van der Waals surface area contributed by atoms with Crippen molar-refractivity contribution in [3.8, 4) is 28.4 Å². The van der Waals surface area contributed by atoms with E-state index in [1.54, 1.807) is 20.1 Å². The van der Waals surface area contributed by atoms with Gasteiger partial charge in [-0.2, -0.15) is 10.2 Å². The lowest BCUT2D eigenvalue weighted by atomic mass is 10.1. The molecule has 0 spiro atoms. The number of hydrogen-bond donors (Lipinski definition) is 1. The highest BCUT2D eigenvalue weighted by Crippen LogP contribution is 2.28. The van der Waals surface area contributed by atoms with Gasteiger partial charge in [-0.05, 0) is 25.1 Å². The van der Waals surface area contributed by atoms with Crippen LogP contribution in [0.15, 0.2) is 65.5 Å². The summed E-state index contributed by atoms with van der Waals surface area (Å²) in [6.07, 6.45) is 0. The minimum absolute atomic E-state index is 0.0875. The van der Waals surface area contributed by atoms with E-state index in [4.69, 9.17) is 4.74 Å². The Morgan fingerprint density at radius 1 is 1.06 bits per heavy atom. The minimum Gasteiger partial charge on any atom is -0.497 e. The molecule has 0 fully saturated rings. The van der Waals surface area contributed by atoms with Gasteiger partial charge >= 0.3 is 0 Å². The fraction of sp³-hybridized carbons (Fsp3) is 0.217. The van der Waals surface area contributed by atoms with E-state index in [9.17, 15) is 13.6 Å². The van der Waals surface area contributed by atoms with Crippen molar-refractivity contribution in [2.24, 2.45) is 0 Å². The predicted molar refractivity (Wildman–Crippen MR) is 116 cm³/mol. The van der Waals surface area contributed by atoms with Crippen LogP contribution < -0.4 is 10.3 Å². The number of alkyl halides is 2. The van der Waals surface area contributed by atoms with Gasteiger partial charge < -0.3 is 4.74 Å². The normalized spacial score (nSPS) is 12.5. The molecule has 0 aliphatic carbocycles. The maximum absolute atomic E-state index is 13.4. The zero-order valence-corrected chi connectivity index (χ0v) is 17.7. The second kappa shape index (κ2) is 8.33. The number of aromatic amines is 1. The number of nitrogens with zero attached hydrogens (tertiary/aromatic N) is 4. The summed E-state index contributed by atoms with van der Waals surface area (Å²) in [7, 11) is 1.58. The van der Waals surface area contributed by atoms with Crippen molar-refractivity contribution in [1.29, 1.82) is 0 Å². The topological polar surface area (TPSA) is 85.7 Å². The average Bonchev–Trinajstić information content (AvgIpc) is 3.29. The number of rotatable bonds is 6. The monoisotopic (exact) mass is 437 g/mol. The molecule has 0 saturated carbocycles. The fourth-order valence-corrected chi connectivity index (χ4v) is 3.26. The molecule has 2 aromatic heterocycles. The third-order valence-corrected chi connectivity index (χ3v) is 5.11. The van der Waals surface area contributed by atoms with Crippen LogP contribution in [0.25, 0.3) is 22.6 Å². The lowest BCUT2D eigenvalue weighted by molar-refractivity contribution is 0.0175. The van der Waals surface area contributed by atoms with Crippen LogP contribution in [0.2, 0.25) is 0 Å². The molecule has 164 valence electrons. The summed E-state index contributed by atoms with van der Waals surface area (Å²) in [4.78, 5) is 16.9. The quantitative estimate of drug-likeness (QED) is 0.483. The molecule has 0 aliphatic heterocycles. The Bertz CT molecular complexity index is 1290. The van der Waals surface area contributed by atoms with Gasteiger partial charge in [-0.25, -0.2) is 18.4 Å². The molecule has 0 amide bonds. The van der Waals surface area contributed by atoms with E-state index in [1.807, 2.05) is 24.3 Å². The number of aromatic nitrogens is 5.